The van der Waals surface area contributed by atoms with Crippen molar-refractivity contribution in [1.29, 1.82) is 0 Å². The molecule has 2 aromatic rings. The first-order valence-corrected chi connectivity index (χ1v) is 10.2. The molecular weight excluding hydrogens is 336 g/mol. The zero-order valence-electron chi connectivity index (χ0n) is 15.9. The number of hydrogen-bond acceptors (Lipinski definition) is 2. The zero-order valence-corrected chi connectivity index (χ0v) is 15.9. The van der Waals surface area contributed by atoms with Gasteiger partial charge < -0.3 is 9.52 Å². The van der Waals surface area contributed by atoms with Crippen LogP contribution in [-0.2, 0) is 12.8 Å². The van der Waals surface area contributed by atoms with Crippen molar-refractivity contribution in [3.05, 3.63) is 64.1 Å². The predicted molar refractivity (Wildman–Crippen MR) is 105 cm³/mol. The second kappa shape index (κ2) is 6.12. The van der Waals surface area contributed by atoms with Gasteiger partial charge in [-0.1, -0.05) is 30.7 Å². The van der Waals surface area contributed by atoms with Crippen LogP contribution >= 0.6 is 0 Å². The van der Waals surface area contributed by atoms with E-state index in [4.69, 9.17) is 4.42 Å². The summed E-state index contributed by atoms with van der Waals surface area (Å²) in [5.74, 6) is 0.599. The average Bonchev–Trinajstić information content (AvgIpc) is 3.56. The van der Waals surface area contributed by atoms with Crippen LogP contribution in [0.4, 0.5) is 0 Å². The third kappa shape index (κ3) is 3.13. The van der Waals surface area contributed by atoms with Gasteiger partial charge in [0.1, 0.15) is 12.0 Å². The molecule has 3 nitrogen and oxygen atoms in total. The van der Waals surface area contributed by atoms with Crippen LogP contribution in [0.1, 0.15) is 84.2 Å². The second-order valence-electron chi connectivity index (χ2n) is 8.85. The summed E-state index contributed by atoms with van der Waals surface area (Å²) in [7, 11) is 0. The average molecular weight is 362 g/mol. The van der Waals surface area contributed by atoms with E-state index in [-0.39, 0.29) is 5.56 Å². The fraction of sp³-hybridized carbons (Fsp3) is 0.458. The van der Waals surface area contributed by atoms with Gasteiger partial charge in [0.2, 0.25) is 0 Å². The highest BCUT2D eigenvalue weighted by molar-refractivity contribution is 5.87. The molecule has 1 heterocycles. The monoisotopic (exact) mass is 362 g/mol. The number of benzene rings is 1. The Labute approximate surface area is 160 Å². The molecule has 3 heteroatoms. The molecule has 1 N–H and O–H groups in total. The van der Waals surface area contributed by atoms with Crippen LogP contribution in [0.25, 0.3) is 5.57 Å². The lowest BCUT2D eigenvalue weighted by Crippen LogP contribution is -2.05. The lowest BCUT2D eigenvalue weighted by Gasteiger charge is -2.20. The van der Waals surface area contributed by atoms with E-state index in [0.29, 0.717) is 11.8 Å². The van der Waals surface area contributed by atoms with Gasteiger partial charge in [0.25, 0.3) is 0 Å². The highest BCUT2D eigenvalue weighted by Gasteiger charge is 2.42. The van der Waals surface area contributed by atoms with Gasteiger partial charge in [-0.05, 0) is 84.6 Å². The zero-order chi connectivity index (χ0) is 18.6. The minimum atomic E-state index is -0.927. The smallest absolute Gasteiger partial charge is 0.338 e. The van der Waals surface area contributed by atoms with Gasteiger partial charge in [0.15, 0.2) is 0 Å². The molecule has 0 amide bonds. The van der Waals surface area contributed by atoms with Crippen LogP contribution in [0.15, 0.2) is 40.5 Å². The molecule has 0 atom stereocenters. The maximum Gasteiger partial charge on any atom is 0.338 e. The molecule has 0 bridgehead atoms. The molecule has 2 fully saturated rings. The molecule has 1 aromatic carbocycles. The fourth-order valence-corrected chi connectivity index (χ4v) is 4.67. The molecule has 1 aromatic heterocycles. The summed E-state index contributed by atoms with van der Waals surface area (Å²) < 4.78 is 5.62. The van der Waals surface area contributed by atoms with Crippen molar-refractivity contribution in [3.63, 3.8) is 0 Å². The van der Waals surface area contributed by atoms with Crippen molar-refractivity contribution in [1.82, 2.24) is 0 Å². The molecule has 2 saturated carbocycles. The summed E-state index contributed by atoms with van der Waals surface area (Å²) in [6.07, 6.45) is 10.7. The fourth-order valence-electron chi connectivity index (χ4n) is 4.67. The summed E-state index contributed by atoms with van der Waals surface area (Å²) in [4.78, 5) is 11.2. The number of aryl methyl sites for hydroxylation is 1. The van der Waals surface area contributed by atoms with Crippen molar-refractivity contribution in [2.75, 3.05) is 0 Å². The van der Waals surface area contributed by atoms with E-state index in [1.54, 1.807) is 11.6 Å². The van der Waals surface area contributed by atoms with E-state index in [2.05, 4.69) is 25.1 Å². The van der Waals surface area contributed by atoms with Gasteiger partial charge in [-0.25, -0.2) is 4.79 Å². The van der Waals surface area contributed by atoms with Crippen LogP contribution in [-0.4, -0.2) is 11.1 Å². The summed E-state index contributed by atoms with van der Waals surface area (Å²) in [6, 6.07) is 8.78. The van der Waals surface area contributed by atoms with E-state index >= 15 is 0 Å². The van der Waals surface area contributed by atoms with Crippen molar-refractivity contribution in [3.8, 4) is 0 Å². The standard InChI is InChI=1S/C24H26O3/c1-24(9-10-24)22-4-2-3-17-11-16(15-5-6-15)7-8-20(17)21(22)13-19-12-18(14-27-19)23(25)26/h7-8,11-12,14-15H,2-6,9-10,13H2,1H3,(H,25,26). The minimum absolute atomic E-state index is 0.239. The molecular formula is C24H26O3. The van der Waals surface area contributed by atoms with E-state index in [9.17, 15) is 9.90 Å². The van der Waals surface area contributed by atoms with E-state index in [0.717, 1.165) is 24.5 Å². The highest BCUT2D eigenvalue weighted by atomic mass is 16.4. The van der Waals surface area contributed by atoms with Gasteiger partial charge in [-0.2, -0.15) is 0 Å². The lowest BCUT2D eigenvalue weighted by molar-refractivity contribution is 0.0696. The van der Waals surface area contributed by atoms with Crippen molar-refractivity contribution in [2.24, 2.45) is 5.41 Å². The Balaban J connectivity index is 1.58. The Bertz CT molecular complexity index is 938. The first-order chi connectivity index (χ1) is 13.0. The number of allylic oxidation sites excluding steroid dienone is 2. The third-order valence-electron chi connectivity index (χ3n) is 6.72. The van der Waals surface area contributed by atoms with Crippen LogP contribution < -0.4 is 0 Å². The number of fused-ring (bicyclic) bond motifs is 1. The molecule has 140 valence electrons. The number of aromatic carboxylic acids is 1. The Morgan fingerprint density at radius 2 is 2.04 bits per heavy atom. The SMILES string of the molecule is CC1(C2=C(Cc3cc(C(=O)O)co3)c3ccc(C4CC4)cc3CCC2)CC1. The molecule has 27 heavy (non-hydrogen) atoms. The first-order valence-electron chi connectivity index (χ1n) is 10.2. The number of furan rings is 1. The molecule has 3 aliphatic rings. The molecule has 5 rings (SSSR count). The minimum Gasteiger partial charge on any atom is -0.478 e. The normalized spacial score (nSPS) is 20.9. The maximum atomic E-state index is 11.2. The third-order valence-corrected chi connectivity index (χ3v) is 6.72. The van der Waals surface area contributed by atoms with E-state index < -0.39 is 5.97 Å². The lowest BCUT2D eigenvalue weighted by atomic mass is 9.85. The van der Waals surface area contributed by atoms with Crippen LogP contribution in [0.3, 0.4) is 0 Å². The summed E-state index contributed by atoms with van der Waals surface area (Å²) >= 11 is 0. The Morgan fingerprint density at radius 3 is 2.70 bits per heavy atom. The molecule has 0 aliphatic heterocycles. The molecule has 0 saturated heterocycles. The number of carboxylic acid groups (broad SMARTS) is 1. The van der Waals surface area contributed by atoms with Crippen LogP contribution in [0, 0.1) is 5.41 Å². The van der Waals surface area contributed by atoms with Crippen LogP contribution in [0.5, 0.6) is 0 Å². The van der Waals surface area contributed by atoms with Crippen molar-refractivity contribution in [2.45, 2.75) is 64.2 Å². The molecule has 0 unspecified atom stereocenters. The van der Waals surface area contributed by atoms with E-state index in [1.807, 2.05) is 0 Å². The Hall–Kier alpha value is -2.29. The first kappa shape index (κ1) is 16.9. The molecule has 0 spiro atoms. The van der Waals surface area contributed by atoms with Gasteiger partial charge in [0.05, 0.1) is 5.56 Å². The van der Waals surface area contributed by atoms with Crippen molar-refractivity contribution < 1.29 is 14.3 Å². The Morgan fingerprint density at radius 1 is 1.22 bits per heavy atom. The summed E-state index contributed by atoms with van der Waals surface area (Å²) in [6.45, 7) is 2.39. The molecule has 0 radical (unpaired) electrons. The second-order valence-corrected chi connectivity index (χ2v) is 8.85. The van der Waals surface area contributed by atoms with Gasteiger partial charge >= 0.3 is 5.97 Å². The number of carboxylic acids is 1. The summed E-state index contributed by atoms with van der Waals surface area (Å²) in [5, 5.41) is 9.21. The molecule has 3 aliphatic carbocycles. The van der Waals surface area contributed by atoms with Gasteiger partial charge in [0, 0.05) is 6.42 Å². The van der Waals surface area contributed by atoms with E-state index in [1.165, 1.54) is 60.6 Å². The topological polar surface area (TPSA) is 50.4 Å². The van der Waals surface area contributed by atoms with Crippen molar-refractivity contribution >= 4 is 11.5 Å². The van der Waals surface area contributed by atoms with Gasteiger partial charge in [-0.3, -0.25) is 0 Å². The summed E-state index contributed by atoms with van der Waals surface area (Å²) in [5.41, 5.74) is 7.87. The largest absolute Gasteiger partial charge is 0.478 e. The van der Waals surface area contributed by atoms with Crippen LogP contribution in [0.2, 0.25) is 0 Å². The Kier molecular flexibility index (Phi) is 3.82. The number of rotatable bonds is 5. The number of hydrogen-bond donors (Lipinski definition) is 1. The highest BCUT2D eigenvalue weighted by Crippen LogP contribution is 2.56. The maximum absolute atomic E-state index is 11.2. The predicted octanol–water partition coefficient (Wildman–Crippen LogP) is 5.99. The number of carbonyl (C=O) groups is 1. The van der Waals surface area contributed by atoms with Gasteiger partial charge in [-0.15, -0.1) is 0 Å². The quantitative estimate of drug-likeness (QED) is 0.711.